The zero-order valence-corrected chi connectivity index (χ0v) is 15.1. The largest absolute Gasteiger partial charge is 0.386 e. The van der Waals surface area contributed by atoms with Crippen molar-refractivity contribution in [2.75, 3.05) is 0 Å². The number of rotatable bonds is 1. The fraction of sp³-hybridized carbons (Fsp3) is 0.800. The van der Waals surface area contributed by atoms with Gasteiger partial charge in [-0.1, -0.05) is 37.6 Å². The molecule has 1 fully saturated rings. The van der Waals surface area contributed by atoms with E-state index in [1.165, 1.54) is 5.57 Å². The van der Waals surface area contributed by atoms with E-state index in [9.17, 15) is 5.11 Å². The highest BCUT2D eigenvalue weighted by Crippen LogP contribution is 2.44. The lowest BCUT2D eigenvalue weighted by atomic mass is 9.84. The van der Waals surface area contributed by atoms with E-state index in [2.05, 4.69) is 39.8 Å². The highest BCUT2D eigenvalue weighted by Gasteiger charge is 2.50. The number of epoxide rings is 1. The van der Waals surface area contributed by atoms with Crippen LogP contribution in [0.1, 0.15) is 73.1 Å². The molecule has 2 nitrogen and oxygen atoms in total. The van der Waals surface area contributed by atoms with Gasteiger partial charge in [-0.3, -0.25) is 0 Å². The first kappa shape index (κ1) is 17.7. The predicted molar refractivity (Wildman–Crippen MR) is 92.8 cm³/mol. The van der Waals surface area contributed by atoms with Crippen molar-refractivity contribution in [3.63, 3.8) is 0 Å². The molecule has 1 aliphatic heterocycles. The zero-order valence-electron chi connectivity index (χ0n) is 15.1. The third kappa shape index (κ3) is 4.96. The maximum absolute atomic E-state index is 10.5. The number of hydrogen-bond donors (Lipinski definition) is 1. The fourth-order valence-electron chi connectivity index (χ4n) is 3.47. The summed E-state index contributed by atoms with van der Waals surface area (Å²) < 4.78 is 6.00. The van der Waals surface area contributed by atoms with E-state index in [1.54, 1.807) is 0 Å². The molecular weight excluding hydrogens is 272 g/mol. The summed E-state index contributed by atoms with van der Waals surface area (Å²) in [6, 6.07) is 0. The lowest BCUT2D eigenvalue weighted by Gasteiger charge is -2.23. The Bertz CT molecular complexity index is 433. The van der Waals surface area contributed by atoms with E-state index in [0.29, 0.717) is 17.9 Å². The van der Waals surface area contributed by atoms with Gasteiger partial charge >= 0.3 is 0 Å². The molecule has 1 heterocycles. The van der Waals surface area contributed by atoms with E-state index in [1.807, 2.05) is 13.0 Å². The van der Waals surface area contributed by atoms with Gasteiger partial charge in [-0.15, -0.1) is 0 Å². The van der Waals surface area contributed by atoms with Crippen molar-refractivity contribution in [3.05, 3.63) is 23.8 Å². The zero-order chi connectivity index (χ0) is 16.4. The first-order valence-electron chi connectivity index (χ1n) is 8.97. The second-order valence-corrected chi connectivity index (χ2v) is 8.21. The van der Waals surface area contributed by atoms with Gasteiger partial charge in [0.1, 0.15) is 0 Å². The van der Waals surface area contributed by atoms with Crippen molar-refractivity contribution in [1.82, 2.24) is 0 Å². The number of fused-ring (bicyclic) bond motifs is 1. The lowest BCUT2D eigenvalue weighted by molar-refractivity contribution is 0.102. The summed E-state index contributed by atoms with van der Waals surface area (Å²) in [4.78, 5) is 0. The van der Waals surface area contributed by atoms with Crippen LogP contribution in [-0.4, -0.2) is 22.4 Å². The molecule has 2 heteroatoms. The van der Waals surface area contributed by atoms with Crippen LogP contribution < -0.4 is 0 Å². The van der Waals surface area contributed by atoms with Crippen molar-refractivity contribution < 1.29 is 9.84 Å². The molecule has 4 atom stereocenters. The normalized spacial score (nSPS) is 44.6. The van der Waals surface area contributed by atoms with Crippen molar-refractivity contribution >= 4 is 0 Å². The lowest BCUT2D eigenvalue weighted by Crippen LogP contribution is -2.22. The van der Waals surface area contributed by atoms with Crippen molar-refractivity contribution in [3.8, 4) is 0 Å². The average Bonchev–Trinajstić information content (AvgIpc) is 3.06. The Balaban J connectivity index is 2.11. The van der Waals surface area contributed by atoms with Crippen molar-refractivity contribution in [2.45, 2.75) is 90.4 Å². The van der Waals surface area contributed by atoms with Crippen molar-refractivity contribution in [1.29, 1.82) is 0 Å². The summed E-state index contributed by atoms with van der Waals surface area (Å²) in [5, 5.41) is 10.5. The summed E-state index contributed by atoms with van der Waals surface area (Å²) in [5.74, 6) is 1.12. The molecule has 0 bridgehead atoms. The molecule has 22 heavy (non-hydrogen) atoms. The van der Waals surface area contributed by atoms with E-state index >= 15 is 0 Å². The van der Waals surface area contributed by atoms with Gasteiger partial charge in [0.15, 0.2) is 0 Å². The summed E-state index contributed by atoms with van der Waals surface area (Å²) in [5.41, 5.74) is 0.819. The molecule has 0 saturated carbocycles. The Kier molecular flexibility index (Phi) is 5.55. The molecule has 0 spiro atoms. The third-order valence-electron chi connectivity index (χ3n) is 5.51. The maximum atomic E-state index is 10.5. The topological polar surface area (TPSA) is 32.8 Å². The quantitative estimate of drug-likeness (QED) is 0.545. The molecule has 0 unspecified atom stereocenters. The second kappa shape index (κ2) is 6.88. The van der Waals surface area contributed by atoms with Gasteiger partial charge in [-0.2, -0.15) is 0 Å². The third-order valence-corrected chi connectivity index (χ3v) is 5.51. The molecule has 2 aliphatic rings. The first-order chi connectivity index (χ1) is 10.2. The molecule has 0 amide bonds. The van der Waals surface area contributed by atoms with Crippen LogP contribution in [0.5, 0.6) is 0 Å². The summed E-state index contributed by atoms with van der Waals surface area (Å²) in [7, 11) is 0. The molecule has 126 valence electrons. The summed E-state index contributed by atoms with van der Waals surface area (Å²) in [6.07, 6.45) is 13.3. The van der Waals surface area contributed by atoms with Crippen LogP contribution >= 0.6 is 0 Å². The Labute approximate surface area is 136 Å². The minimum atomic E-state index is -0.698. The Morgan fingerprint density at radius 1 is 1.23 bits per heavy atom. The number of hydrogen-bond acceptors (Lipinski definition) is 2. The number of allylic oxidation sites excluding steroid dienone is 3. The van der Waals surface area contributed by atoms with Crippen LogP contribution in [-0.2, 0) is 4.74 Å². The van der Waals surface area contributed by atoms with Gasteiger partial charge in [0.05, 0.1) is 17.3 Å². The van der Waals surface area contributed by atoms with Gasteiger partial charge in [-0.05, 0) is 71.1 Å². The van der Waals surface area contributed by atoms with E-state index in [0.717, 1.165) is 38.5 Å². The molecule has 1 N–H and O–H groups in total. The molecule has 1 saturated heterocycles. The number of aliphatic hydroxyl groups is 1. The predicted octanol–water partition coefficient (Wildman–Crippen LogP) is 5.02. The van der Waals surface area contributed by atoms with Gasteiger partial charge in [0, 0.05) is 0 Å². The summed E-state index contributed by atoms with van der Waals surface area (Å²) in [6.45, 7) is 10.9. The molecule has 0 aromatic heterocycles. The van der Waals surface area contributed by atoms with Crippen LogP contribution in [0.25, 0.3) is 0 Å². The molecule has 2 rings (SSSR count). The molecule has 0 radical (unpaired) electrons. The van der Waals surface area contributed by atoms with E-state index < -0.39 is 5.60 Å². The van der Waals surface area contributed by atoms with Gasteiger partial charge in [0.2, 0.25) is 0 Å². The Hall–Kier alpha value is -0.600. The monoisotopic (exact) mass is 306 g/mol. The highest BCUT2D eigenvalue weighted by atomic mass is 16.6. The van der Waals surface area contributed by atoms with Crippen LogP contribution in [0.2, 0.25) is 0 Å². The molecular formula is C20H34O2. The van der Waals surface area contributed by atoms with Crippen LogP contribution in [0, 0.1) is 11.8 Å². The smallest absolute Gasteiger partial charge is 0.0920 e. The first-order valence-corrected chi connectivity index (χ1v) is 8.97. The molecule has 0 aromatic rings. The van der Waals surface area contributed by atoms with Gasteiger partial charge in [-0.25, -0.2) is 0 Å². The minimum Gasteiger partial charge on any atom is -0.386 e. The SMILES string of the molecule is C/C1=C\CC[C@](C)(O)/C=C/[C@@H](C(C)C)CC[C@@]2(C)O[C@H]2CC1. The standard InChI is InChI=1S/C20H34O2/c1-15(2)17-10-13-19(4,21)12-6-7-16(3)8-9-18-20(5,22-18)14-11-17/h7,10,13,15,17-18,21H,6,8-9,11-12,14H2,1-5H3/b13-10+,16-7+/t17-,18+,19+,20-/m1/s1. The maximum Gasteiger partial charge on any atom is 0.0920 e. The van der Waals surface area contributed by atoms with E-state index in [4.69, 9.17) is 4.74 Å². The van der Waals surface area contributed by atoms with Crippen molar-refractivity contribution in [2.24, 2.45) is 11.8 Å². The van der Waals surface area contributed by atoms with Crippen LogP contribution in [0.15, 0.2) is 23.8 Å². The van der Waals surface area contributed by atoms with Gasteiger partial charge < -0.3 is 9.84 Å². The van der Waals surface area contributed by atoms with Crippen LogP contribution in [0.3, 0.4) is 0 Å². The Morgan fingerprint density at radius 3 is 2.64 bits per heavy atom. The summed E-state index contributed by atoms with van der Waals surface area (Å²) >= 11 is 0. The van der Waals surface area contributed by atoms with Crippen LogP contribution in [0.4, 0.5) is 0 Å². The molecule has 1 aliphatic carbocycles. The average molecular weight is 306 g/mol. The minimum absolute atomic E-state index is 0.0912. The highest BCUT2D eigenvalue weighted by molar-refractivity contribution is 5.08. The number of ether oxygens (including phenoxy) is 1. The second-order valence-electron chi connectivity index (χ2n) is 8.21. The fourth-order valence-corrected chi connectivity index (χ4v) is 3.47. The van der Waals surface area contributed by atoms with E-state index in [-0.39, 0.29) is 5.60 Å². The Morgan fingerprint density at radius 2 is 1.95 bits per heavy atom. The van der Waals surface area contributed by atoms with Gasteiger partial charge in [0.25, 0.3) is 0 Å². The molecule has 0 aromatic carbocycles.